The molecule has 1 heterocycles. The van der Waals surface area contributed by atoms with E-state index in [-0.39, 0.29) is 18.1 Å². The second-order valence-electron chi connectivity index (χ2n) is 6.05. The van der Waals surface area contributed by atoms with Gasteiger partial charge in [0.25, 0.3) is 0 Å². The van der Waals surface area contributed by atoms with Crippen LogP contribution < -0.4 is 0 Å². The Morgan fingerprint density at radius 3 is 2.71 bits per heavy atom. The molecule has 1 aliphatic heterocycles. The summed E-state index contributed by atoms with van der Waals surface area (Å²) in [5.41, 5.74) is -0.446. The number of Topliss-reactive ketones (excluding diaryl/α,β-unsaturated/α-hetero) is 1. The number of rotatable bonds is 0. The monoisotopic (exact) mass is 239 g/mol. The lowest BCUT2D eigenvalue weighted by atomic mass is 9.79. The van der Waals surface area contributed by atoms with Crippen molar-refractivity contribution in [2.45, 2.75) is 58.1 Å². The van der Waals surface area contributed by atoms with E-state index in [2.05, 4.69) is 0 Å². The molecule has 1 amide bonds. The number of fused-ring (bicyclic) bond motifs is 2. The summed E-state index contributed by atoms with van der Waals surface area (Å²) in [6.07, 6.45) is 2.82. The Hall–Kier alpha value is -1.06. The van der Waals surface area contributed by atoms with E-state index in [4.69, 9.17) is 4.74 Å². The molecule has 1 aliphatic carbocycles. The van der Waals surface area contributed by atoms with Crippen LogP contribution in [0.3, 0.4) is 0 Å². The molecular formula is C13H21NO3. The highest BCUT2D eigenvalue weighted by Crippen LogP contribution is 2.33. The van der Waals surface area contributed by atoms with Crippen LogP contribution in [0.1, 0.15) is 46.5 Å². The summed E-state index contributed by atoms with van der Waals surface area (Å²) < 4.78 is 5.40. The normalized spacial score (nSPS) is 29.1. The largest absolute Gasteiger partial charge is 0.444 e. The number of hydrogen-bond acceptors (Lipinski definition) is 3. The van der Waals surface area contributed by atoms with Crippen molar-refractivity contribution in [2.24, 2.45) is 5.92 Å². The third-order valence-corrected chi connectivity index (χ3v) is 3.52. The number of piperidine rings is 1. The number of carbonyl (C=O) groups is 2. The molecule has 2 atom stereocenters. The van der Waals surface area contributed by atoms with E-state index >= 15 is 0 Å². The molecule has 2 rings (SSSR count). The molecule has 0 spiro atoms. The van der Waals surface area contributed by atoms with E-state index in [1.807, 2.05) is 25.7 Å². The Morgan fingerprint density at radius 2 is 2.06 bits per heavy atom. The highest BCUT2D eigenvalue weighted by Gasteiger charge is 2.39. The third-order valence-electron chi connectivity index (χ3n) is 3.52. The molecule has 2 fully saturated rings. The molecule has 0 radical (unpaired) electrons. The van der Waals surface area contributed by atoms with Gasteiger partial charge in [0.15, 0.2) is 0 Å². The zero-order valence-corrected chi connectivity index (χ0v) is 10.9. The number of ketones is 1. The van der Waals surface area contributed by atoms with Crippen molar-refractivity contribution in [3.8, 4) is 0 Å². The zero-order chi connectivity index (χ0) is 12.6. The average Bonchev–Trinajstić information content (AvgIpc) is 2.21. The van der Waals surface area contributed by atoms with Gasteiger partial charge in [-0.15, -0.1) is 0 Å². The first-order valence-corrected chi connectivity index (χ1v) is 6.39. The van der Waals surface area contributed by atoms with E-state index in [0.29, 0.717) is 18.7 Å². The maximum absolute atomic E-state index is 12.0. The van der Waals surface area contributed by atoms with Gasteiger partial charge in [-0.25, -0.2) is 4.79 Å². The number of hydrogen-bond donors (Lipinski definition) is 0. The van der Waals surface area contributed by atoms with Crippen molar-refractivity contribution in [3.63, 3.8) is 0 Å². The lowest BCUT2D eigenvalue weighted by molar-refractivity contribution is -0.128. The number of nitrogens with zero attached hydrogens (tertiary/aromatic N) is 1. The van der Waals surface area contributed by atoms with Crippen LogP contribution in [0.4, 0.5) is 4.79 Å². The lowest BCUT2D eigenvalue weighted by Gasteiger charge is -2.42. The molecule has 0 aromatic heterocycles. The molecule has 2 aliphatic rings. The van der Waals surface area contributed by atoms with Gasteiger partial charge in [0.05, 0.1) is 0 Å². The van der Waals surface area contributed by atoms with Gasteiger partial charge in [0.2, 0.25) is 0 Å². The van der Waals surface area contributed by atoms with Gasteiger partial charge in [0, 0.05) is 24.9 Å². The second kappa shape index (κ2) is 4.31. The van der Waals surface area contributed by atoms with Crippen LogP contribution in [0, 0.1) is 5.92 Å². The minimum absolute atomic E-state index is 0.187. The Balaban J connectivity index is 1.99. The van der Waals surface area contributed by atoms with Crippen LogP contribution in [0.15, 0.2) is 0 Å². The summed E-state index contributed by atoms with van der Waals surface area (Å²) >= 11 is 0. The van der Waals surface area contributed by atoms with E-state index in [0.717, 1.165) is 19.3 Å². The van der Waals surface area contributed by atoms with E-state index in [9.17, 15) is 9.59 Å². The molecular weight excluding hydrogens is 218 g/mol. The second-order valence-corrected chi connectivity index (χ2v) is 6.05. The van der Waals surface area contributed by atoms with Gasteiger partial charge in [-0.05, 0) is 40.0 Å². The summed E-state index contributed by atoms with van der Waals surface area (Å²) in [6, 6.07) is 0.210. The van der Waals surface area contributed by atoms with Crippen molar-refractivity contribution in [1.82, 2.24) is 4.90 Å². The van der Waals surface area contributed by atoms with Crippen molar-refractivity contribution in [2.75, 3.05) is 6.54 Å². The van der Waals surface area contributed by atoms with Crippen LogP contribution in [0.25, 0.3) is 0 Å². The molecule has 96 valence electrons. The summed E-state index contributed by atoms with van der Waals surface area (Å²) in [5, 5.41) is 0. The van der Waals surface area contributed by atoms with Crippen LogP contribution in [-0.4, -0.2) is 35.0 Å². The molecule has 4 heteroatoms. The standard InChI is InChI=1S/C13H21NO3/c1-13(2,3)17-12(16)14-7-6-9-8-10(14)4-5-11(9)15/h9-10H,4-8H2,1-3H3. The van der Waals surface area contributed by atoms with Crippen molar-refractivity contribution >= 4 is 11.9 Å². The quantitative estimate of drug-likeness (QED) is 0.652. The van der Waals surface area contributed by atoms with Crippen LogP contribution in [0.5, 0.6) is 0 Å². The Kier molecular flexibility index (Phi) is 3.15. The van der Waals surface area contributed by atoms with Gasteiger partial charge in [-0.2, -0.15) is 0 Å². The maximum Gasteiger partial charge on any atom is 0.410 e. The highest BCUT2D eigenvalue weighted by atomic mass is 16.6. The van der Waals surface area contributed by atoms with Gasteiger partial charge < -0.3 is 9.64 Å². The fourth-order valence-corrected chi connectivity index (χ4v) is 2.69. The minimum atomic E-state index is -0.446. The van der Waals surface area contributed by atoms with Crippen molar-refractivity contribution in [3.05, 3.63) is 0 Å². The van der Waals surface area contributed by atoms with Crippen LogP contribution in [-0.2, 0) is 9.53 Å². The molecule has 0 N–H and O–H groups in total. The first-order valence-electron chi connectivity index (χ1n) is 6.39. The Labute approximate surface area is 102 Å². The fraction of sp³-hybridized carbons (Fsp3) is 0.846. The highest BCUT2D eigenvalue weighted by molar-refractivity contribution is 5.82. The number of carbonyl (C=O) groups excluding carboxylic acids is 2. The van der Waals surface area contributed by atoms with Crippen LogP contribution in [0.2, 0.25) is 0 Å². The smallest absolute Gasteiger partial charge is 0.410 e. The minimum Gasteiger partial charge on any atom is -0.444 e. The first kappa shape index (κ1) is 12.4. The molecule has 17 heavy (non-hydrogen) atoms. The molecule has 4 nitrogen and oxygen atoms in total. The van der Waals surface area contributed by atoms with Crippen molar-refractivity contribution in [1.29, 1.82) is 0 Å². The predicted molar refractivity (Wildman–Crippen MR) is 63.7 cm³/mol. The van der Waals surface area contributed by atoms with E-state index in [1.54, 1.807) is 0 Å². The molecule has 2 unspecified atom stereocenters. The maximum atomic E-state index is 12.0. The zero-order valence-electron chi connectivity index (χ0n) is 10.9. The van der Waals surface area contributed by atoms with E-state index in [1.165, 1.54) is 0 Å². The molecule has 0 aromatic rings. The fourth-order valence-electron chi connectivity index (χ4n) is 2.69. The average molecular weight is 239 g/mol. The summed E-state index contributed by atoms with van der Waals surface area (Å²) in [6.45, 7) is 6.29. The van der Waals surface area contributed by atoms with E-state index < -0.39 is 5.60 Å². The van der Waals surface area contributed by atoms with Gasteiger partial charge in [-0.3, -0.25) is 4.79 Å². The predicted octanol–water partition coefficient (Wildman–Crippen LogP) is 2.37. The van der Waals surface area contributed by atoms with Crippen LogP contribution >= 0.6 is 0 Å². The summed E-state index contributed by atoms with van der Waals surface area (Å²) in [5.74, 6) is 0.567. The van der Waals surface area contributed by atoms with Gasteiger partial charge >= 0.3 is 6.09 Å². The van der Waals surface area contributed by atoms with Gasteiger partial charge in [-0.1, -0.05) is 0 Å². The summed E-state index contributed by atoms with van der Waals surface area (Å²) in [4.78, 5) is 25.4. The SMILES string of the molecule is CC(C)(C)OC(=O)N1CCC2CC1CCC2=O. The number of amides is 1. The first-order chi connectivity index (χ1) is 7.87. The molecule has 0 aromatic carbocycles. The molecule has 1 saturated heterocycles. The summed E-state index contributed by atoms with van der Waals surface area (Å²) in [7, 11) is 0. The van der Waals surface area contributed by atoms with Gasteiger partial charge in [0.1, 0.15) is 11.4 Å². The lowest BCUT2D eigenvalue weighted by Crippen LogP contribution is -2.51. The molecule has 1 saturated carbocycles. The number of likely N-dealkylation sites (tertiary alicyclic amines) is 1. The Morgan fingerprint density at radius 1 is 1.35 bits per heavy atom. The Bertz CT molecular complexity index is 332. The topological polar surface area (TPSA) is 46.6 Å². The molecule has 2 bridgehead atoms. The van der Waals surface area contributed by atoms with Crippen molar-refractivity contribution < 1.29 is 14.3 Å². The number of ether oxygens (including phenoxy) is 1. The third kappa shape index (κ3) is 2.79.